The van der Waals surface area contributed by atoms with E-state index in [4.69, 9.17) is 25.8 Å². The van der Waals surface area contributed by atoms with E-state index in [1.54, 1.807) is 12.1 Å². The molecule has 0 N–H and O–H groups in total. The third-order valence-corrected chi connectivity index (χ3v) is 5.37. The SMILES string of the molecule is C=CCC1(Cl)C(=O)C(c2c(OC)cc(OC)cc2OC)=C(N(CC)CC)C1=O. The van der Waals surface area contributed by atoms with E-state index in [9.17, 15) is 9.59 Å². The molecule has 0 bridgehead atoms. The van der Waals surface area contributed by atoms with Crippen LogP contribution < -0.4 is 14.2 Å². The molecule has 2 rings (SSSR count). The fraction of sp³-hybridized carbons (Fsp3) is 0.429. The quantitative estimate of drug-likeness (QED) is 0.355. The summed E-state index contributed by atoms with van der Waals surface area (Å²) in [7, 11) is 4.48. The minimum absolute atomic E-state index is 0.0290. The summed E-state index contributed by atoms with van der Waals surface area (Å²) in [5, 5.41) is 0. The molecular formula is C21H26ClNO5. The number of carbonyl (C=O) groups excluding carboxylic acids is 2. The average molecular weight is 408 g/mol. The van der Waals surface area contributed by atoms with Gasteiger partial charge in [0.2, 0.25) is 5.78 Å². The fourth-order valence-electron chi connectivity index (χ4n) is 3.42. The van der Waals surface area contributed by atoms with Crippen molar-refractivity contribution in [2.75, 3.05) is 34.4 Å². The number of Topliss-reactive ketones (excluding diaryl/α,β-unsaturated/α-hetero) is 2. The van der Waals surface area contributed by atoms with E-state index in [1.807, 2.05) is 18.7 Å². The maximum absolute atomic E-state index is 13.4. The number of carbonyl (C=O) groups is 2. The molecule has 0 fully saturated rings. The van der Waals surface area contributed by atoms with Crippen LogP contribution in [0.3, 0.4) is 0 Å². The van der Waals surface area contributed by atoms with Crippen molar-refractivity contribution in [3.63, 3.8) is 0 Å². The van der Waals surface area contributed by atoms with Crippen molar-refractivity contribution in [3.8, 4) is 17.2 Å². The van der Waals surface area contributed by atoms with E-state index >= 15 is 0 Å². The zero-order valence-electron chi connectivity index (χ0n) is 16.9. The summed E-state index contributed by atoms with van der Waals surface area (Å²) in [4.78, 5) is 26.8. The molecule has 0 spiro atoms. The Morgan fingerprint density at radius 2 is 1.57 bits per heavy atom. The highest BCUT2D eigenvalue weighted by molar-refractivity contribution is 6.61. The number of halogens is 1. The second kappa shape index (κ2) is 8.69. The number of hydrogen-bond donors (Lipinski definition) is 0. The lowest BCUT2D eigenvalue weighted by molar-refractivity contribution is -0.124. The highest BCUT2D eigenvalue weighted by Gasteiger charge is 2.55. The van der Waals surface area contributed by atoms with Crippen molar-refractivity contribution >= 4 is 28.7 Å². The lowest BCUT2D eigenvalue weighted by Gasteiger charge is -2.24. The Morgan fingerprint density at radius 1 is 1.04 bits per heavy atom. The predicted molar refractivity (Wildman–Crippen MR) is 109 cm³/mol. The van der Waals surface area contributed by atoms with E-state index in [-0.39, 0.29) is 17.7 Å². The van der Waals surface area contributed by atoms with Crippen molar-refractivity contribution in [2.45, 2.75) is 25.1 Å². The van der Waals surface area contributed by atoms with Gasteiger partial charge in [-0.3, -0.25) is 9.59 Å². The van der Waals surface area contributed by atoms with Crippen LogP contribution in [0.2, 0.25) is 0 Å². The third-order valence-electron chi connectivity index (χ3n) is 4.87. The molecule has 152 valence electrons. The summed E-state index contributed by atoms with van der Waals surface area (Å²) >= 11 is 6.57. The van der Waals surface area contributed by atoms with Crippen LogP contribution in [0, 0.1) is 0 Å². The molecule has 6 nitrogen and oxygen atoms in total. The van der Waals surface area contributed by atoms with Gasteiger partial charge < -0.3 is 19.1 Å². The van der Waals surface area contributed by atoms with Gasteiger partial charge in [0.15, 0.2) is 10.7 Å². The number of alkyl halides is 1. The Hall–Kier alpha value is -2.47. The number of nitrogens with zero attached hydrogens (tertiary/aromatic N) is 1. The Morgan fingerprint density at radius 3 is 1.96 bits per heavy atom. The first kappa shape index (κ1) is 21.8. The van der Waals surface area contributed by atoms with Crippen LogP contribution in [0.25, 0.3) is 5.57 Å². The van der Waals surface area contributed by atoms with E-state index in [0.717, 1.165) is 0 Å². The highest BCUT2D eigenvalue weighted by atomic mass is 35.5. The van der Waals surface area contributed by atoms with Crippen LogP contribution in [-0.4, -0.2) is 55.8 Å². The van der Waals surface area contributed by atoms with Gasteiger partial charge in [-0.15, -0.1) is 18.2 Å². The van der Waals surface area contributed by atoms with Gasteiger partial charge in [-0.1, -0.05) is 6.08 Å². The van der Waals surface area contributed by atoms with E-state index in [2.05, 4.69) is 6.58 Å². The molecule has 28 heavy (non-hydrogen) atoms. The molecule has 1 atom stereocenters. The number of allylic oxidation sites excluding steroid dienone is 3. The molecule has 1 aromatic carbocycles. The number of ketones is 2. The second-order valence-corrected chi connectivity index (χ2v) is 6.90. The van der Waals surface area contributed by atoms with Crippen molar-refractivity contribution in [2.24, 2.45) is 0 Å². The average Bonchev–Trinajstić information content (AvgIpc) is 2.89. The smallest absolute Gasteiger partial charge is 0.208 e. The molecule has 0 heterocycles. The van der Waals surface area contributed by atoms with Gasteiger partial charge in [0, 0.05) is 25.2 Å². The van der Waals surface area contributed by atoms with Gasteiger partial charge in [-0.05, 0) is 20.3 Å². The Bertz CT molecular complexity index is 803. The molecule has 0 aliphatic heterocycles. The molecule has 0 saturated heterocycles. The van der Waals surface area contributed by atoms with Crippen molar-refractivity contribution in [3.05, 3.63) is 36.0 Å². The van der Waals surface area contributed by atoms with Crippen LogP contribution >= 0.6 is 11.6 Å². The lowest BCUT2D eigenvalue weighted by atomic mass is 9.94. The van der Waals surface area contributed by atoms with Crippen LogP contribution in [0.1, 0.15) is 25.8 Å². The highest BCUT2D eigenvalue weighted by Crippen LogP contribution is 2.48. The number of likely N-dealkylation sites (N-methyl/N-ethyl adjacent to an activating group) is 1. The first-order valence-electron chi connectivity index (χ1n) is 9.03. The molecular weight excluding hydrogens is 382 g/mol. The molecule has 1 aliphatic carbocycles. The zero-order valence-corrected chi connectivity index (χ0v) is 17.7. The summed E-state index contributed by atoms with van der Waals surface area (Å²) < 4.78 is 16.3. The topological polar surface area (TPSA) is 65.1 Å². The van der Waals surface area contributed by atoms with Crippen molar-refractivity contribution < 1.29 is 23.8 Å². The zero-order chi connectivity index (χ0) is 21.1. The first-order valence-corrected chi connectivity index (χ1v) is 9.41. The number of hydrogen-bond acceptors (Lipinski definition) is 6. The Kier molecular flexibility index (Phi) is 6.77. The Labute approximate surface area is 170 Å². The van der Waals surface area contributed by atoms with Crippen molar-refractivity contribution in [1.82, 2.24) is 4.90 Å². The standard InChI is InChI=1S/C21H26ClNO5/c1-7-10-21(22)19(24)17(18(20(21)25)23(8-2)9-3)16-14(27-5)11-13(26-4)12-15(16)28-6/h7,11-12H,1,8-10H2,2-6H3. The number of methoxy groups -OCH3 is 3. The molecule has 0 amide bonds. The van der Waals surface area contributed by atoms with Crippen LogP contribution in [0.5, 0.6) is 17.2 Å². The summed E-state index contributed by atoms with van der Waals surface area (Å²) in [5.41, 5.74) is 0.855. The number of rotatable bonds is 9. The second-order valence-electron chi connectivity index (χ2n) is 6.26. The first-order chi connectivity index (χ1) is 13.3. The molecule has 1 aromatic rings. The maximum atomic E-state index is 13.4. The fourth-order valence-corrected chi connectivity index (χ4v) is 3.71. The summed E-state index contributed by atoms with van der Waals surface area (Å²) in [5.74, 6) is 0.302. The summed E-state index contributed by atoms with van der Waals surface area (Å²) in [6, 6.07) is 3.29. The normalized spacial score (nSPS) is 19.1. The van der Waals surface area contributed by atoms with Crippen LogP contribution in [0.4, 0.5) is 0 Å². The van der Waals surface area contributed by atoms with Gasteiger partial charge in [0.05, 0.1) is 38.2 Å². The Balaban J connectivity index is 2.90. The van der Waals surface area contributed by atoms with E-state index in [0.29, 0.717) is 35.9 Å². The van der Waals surface area contributed by atoms with Gasteiger partial charge in [-0.2, -0.15) is 0 Å². The minimum Gasteiger partial charge on any atom is -0.496 e. The van der Waals surface area contributed by atoms with E-state index in [1.165, 1.54) is 27.4 Å². The number of benzene rings is 1. The summed E-state index contributed by atoms with van der Waals surface area (Å²) in [6.07, 6.45) is 1.51. The van der Waals surface area contributed by atoms with Gasteiger partial charge in [0.25, 0.3) is 0 Å². The maximum Gasteiger partial charge on any atom is 0.208 e. The summed E-state index contributed by atoms with van der Waals surface area (Å²) in [6.45, 7) is 8.55. The minimum atomic E-state index is -1.72. The molecule has 0 radical (unpaired) electrons. The predicted octanol–water partition coefficient (Wildman–Crippen LogP) is 3.47. The van der Waals surface area contributed by atoms with Crippen LogP contribution in [-0.2, 0) is 9.59 Å². The monoisotopic (exact) mass is 407 g/mol. The molecule has 1 aliphatic rings. The van der Waals surface area contributed by atoms with Gasteiger partial charge >= 0.3 is 0 Å². The van der Waals surface area contributed by atoms with E-state index < -0.39 is 16.4 Å². The van der Waals surface area contributed by atoms with Crippen LogP contribution in [0.15, 0.2) is 30.5 Å². The molecule has 0 aromatic heterocycles. The van der Waals surface area contributed by atoms with Gasteiger partial charge in [0.1, 0.15) is 17.2 Å². The molecule has 0 saturated carbocycles. The molecule has 7 heteroatoms. The lowest BCUT2D eigenvalue weighted by Crippen LogP contribution is -2.38. The van der Waals surface area contributed by atoms with Gasteiger partial charge in [-0.25, -0.2) is 0 Å². The largest absolute Gasteiger partial charge is 0.496 e. The number of ether oxygens (including phenoxy) is 3. The third kappa shape index (κ3) is 3.37. The molecule has 1 unspecified atom stereocenters. The van der Waals surface area contributed by atoms with Crippen molar-refractivity contribution in [1.29, 1.82) is 0 Å².